The SMILES string of the molecule is CC(=O)N1CCc2ccc(NC(=O)c3cc(Cl)cc(Cl)c3)cc2C1. The van der Waals surface area contributed by atoms with Gasteiger partial charge in [-0.3, -0.25) is 9.59 Å². The number of hydrogen-bond acceptors (Lipinski definition) is 2. The molecule has 0 bridgehead atoms. The van der Waals surface area contributed by atoms with E-state index in [4.69, 9.17) is 23.2 Å². The number of amides is 2. The number of hydrogen-bond donors (Lipinski definition) is 1. The van der Waals surface area contributed by atoms with E-state index in [0.29, 0.717) is 27.8 Å². The van der Waals surface area contributed by atoms with Gasteiger partial charge < -0.3 is 10.2 Å². The fourth-order valence-corrected chi connectivity index (χ4v) is 3.32. The van der Waals surface area contributed by atoms with Gasteiger partial charge in [0.15, 0.2) is 0 Å². The molecule has 1 N–H and O–H groups in total. The van der Waals surface area contributed by atoms with E-state index >= 15 is 0 Å². The van der Waals surface area contributed by atoms with E-state index in [-0.39, 0.29) is 11.8 Å². The summed E-state index contributed by atoms with van der Waals surface area (Å²) in [5, 5.41) is 3.67. The van der Waals surface area contributed by atoms with Crippen molar-refractivity contribution in [3.05, 3.63) is 63.1 Å². The number of anilines is 1. The summed E-state index contributed by atoms with van der Waals surface area (Å²) in [4.78, 5) is 25.7. The van der Waals surface area contributed by atoms with Crippen LogP contribution in [0.2, 0.25) is 10.0 Å². The number of nitrogens with zero attached hydrogens (tertiary/aromatic N) is 1. The molecule has 1 aliphatic rings. The second-order valence-corrected chi connectivity index (χ2v) is 6.66. The van der Waals surface area contributed by atoms with Gasteiger partial charge >= 0.3 is 0 Å². The van der Waals surface area contributed by atoms with Crippen LogP contribution in [0.25, 0.3) is 0 Å². The molecule has 1 aliphatic heterocycles. The standard InChI is InChI=1S/C18H16Cl2N2O2/c1-11(23)22-5-4-12-2-3-17(8-14(12)10-22)21-18(24)13-6-15(19)9-16(20)7-13/h2-3,6-9H,4-5,10H2,1H3,(H,21,24). The lowest BCUT2D eigenvalue weighted by Crippen LogP contribution is -2.34. The molecule has 0 atom stereocenters. The Hall–Kier alpha value is -2.04. The van der Waals surface area contributed by atoms with Crippen molar-refractivity contribution >= 4 is 40.7 Å². The topological polar surface area (TPSA) is 49.4 Å². The zero-order valence-electron chi connectivity index (χ0n) is 13.1. The summed E-state index contributed by atoms with van der Waals surface area (Å²) < 4.78 is 0. The molecule has 0 fully saturated rings. The van der Waals surface area contributed by atoms with Crippen LogP contribution >= 0.6 is 23.2 Å². The normalized spacial score (nSPS) is 13.4. The minimum Gasteiger partial charge on any atom is -0.338 e. The van der Waals surface area contributed by atoms with Crippen molar-refractivity contribution in [1.82, 2.24) is 4.90 Å². The summed E-state index contributed by atoms with van der Waals surface area (Å²) >= 11 is 11.9. The minimum absolute atomic E-state index is 0.0589. The summed E-state index contributed by atoms with van der Waals surface area (Å²) in [6.45, 7) is 2.87. The van der Waals surface area contributed by atoms with Crippen molar-refractivity contribution in [1.29, 1.82) is 0 Å². The van der Waals surface area contributed by atoms with Crippen molar-refractivity contribution in [2.45, 2.75) is 19.9 Å². The monoisotopic (exact) mass is 362 g/mol. The molecule has 124 valence electrons. The van der Waals surface area contributed by atoms with Crippen LogP contribution in [-0.4, -0.2) is 23.3 Å². The van der Waals surface area contributed by atoms with E-state index in [1.807, 2.05) is 18.2 Å². The third kappa shape index (κ3) is 3.71. The molecule has 4 nitrogen and oxygen atoms in total. The van der Waals surface area contributed by atoms with Gasteiger partial charge in [-0.2, -0.15) is 0 Å². The van der Waals surface area contributed by atoms with Gasteiger partial charge in [-0.15, -0.1) is 0 Å². The molecule has 0 unspecified atom stereocenters. The fourth-order valence-electron chi connectivity index (χ4n) is 2.79. The van der Waals surface area contributed by atoms with Crippen LogP contribution in [0, 0.1) is 0 Å². The smallest absolute Gasteiger partial charge is 0.255 e. The molecule has 0 saturated heterocycles. The highest BCUT2D eigenvalue weighted by Gasteiger charge is 2.18. The highest BCUT2D eigenvalue weighted by molar-refractivity contribution is 6.35. The van der Waals surface area contributed by atoms with E-state index in [1.165, 1.54) is 5.56 Å². The summed E-state index contributed by atoms with van der Waals surface area (Å²) in [5.41, 5.74) is 3.34. The molecule has 6 heteroatoms. The Morgan fingerprint density at radius 2 is 1.75 bits per heavy atom. The molecule has 0 aliphatic carbocycles. The maximum Gasteiger partial charge on any atom is 0.255 e. The molecular formula is C18H16Cl2N2O2. The van der Waals surface area contributed by atoms with E-state index in [1.54, 1.807) is 30.0 Å². The summed E-state index contributed by atoms with van der Waals surface area (Å²) in [7, 11) is 0. The Morgan fingerprint density at radius 1 is 1.04 bits per heavy atom. The van der Waals surface area contributed by atoms with Gasteiger partial charge in [-0.1, -0.05) is 29.3 Å². The van der Waals surface area contributed by atoms with E-state index < -0.39 is 0 Å². The molecule has 1 heterocycles. The second kappa shape index (κ2) is 6.83. The van der Waals surface area contributed by atoms with Crippen molar-refractivity contribution in [2.24, 2.45) is 0 Å². The van der Waals surface area contributed by atoms with Gasteiger partial charge in [0.1, 0.15) is 0 Å². The average molecular weight is 363 g/mol. The third-order valence-electron chi connectivity index (χ3n) is 4.05. The minimum atomic E-state index is -0.279. The van der Waals surface area contributed by atoms with Gasteiger partial charge in [0.2, 0.25) is 5.91 Å². The zero-order chi connectivity index (χ0) is 17.3. The van der Waals surface area contributed by atoms with Gasteiger partial charge in [0.05, 0.1) is 0 Å². The van der Waals surface area contributed by atoms with Crippen molar-refractivity contribution in [3.8, 4) is 0 Å². The van der Waals surface area contributed by atoms with Crippen LogP contribution < -0.4 is 5.32 Å². The first-order valence-corrected chi connectivity index (χ1v) is 8.33. The Kier molecular flexibility index (Phi) is 4.78. The summed E-state index contributed by atoms with van der Waals surface area (Å²) in [6.07, 6.45) is 0.826. The first kappa shape index (κ1) is 16.8. The largest absolute Gasteiger partial charge is 0.338 e. The van der Waals surface area contributed by atoms with E-state index in [9.17, 15) is 9.59 Å². The van der Waals surface area contributed by atoms with Gasteiger partial charge in [-0.05, 0) is 47.9 Å². The maximum absolute atomic E-state index is 12.4. The van der Waals surface area contributed by atoms with Gasteiger partial charge in [0, 0.05) is 41.3 Å². The molecule has 0 saturated carbocycles. The Morgan fingerprint density at radius 3 is 2.42 bits per heavy atom. The average Bonchev–Trinajstić information content (AvgIpc) is 2.53. The second-order valence-electron chi connectivity index (χ2n) is 5.79. The van der Waals surface area contributed by atoms with Crippen molar-refractivity contribution in [3.63, 3.8) is 0 Å². The first-order valence-electron chi connectivity index (χ1n) is 7.57. The number of benzene rings is 2. The molecule has 2 amide bonds. The molecule has 2 aromatic rings. The lowest BCUT2D eigenvalue weighted by molar-refractivity contribution is -0.129. The number of carbonyl (C=O) groups is 2. The number of halogens is 2. The number of carbonyl (C=O) groups excluding carboxylic acids is 2. The molecule has 3 rings (SSSR count). The van der Waals surface area contributed by atoms with Crippen molar-refractivity contribution in [2.75, 3.05) is 11.9 Å². The third-order valence-corrected chi connectivity index (χ3v) is 4.48. The quantitative estimate of drug-likeness (QED) is 0.872. The predicted molar refractivity (Wildman–Crippen MR) is 95.7 cm³/mol. The molecule has 2 aromatic carbocycles. The first-order chi connectivity index (χ1) is 11.4. The zero-order valence-corrected chi connectivity index (χ0v) is 14.6. The molecule has 0 radical (unpaired) electrons. The van der Waals surface area contributed by atoms with Crippen LogP contribution in [0.5, 0.6) is 0 Å². The Labute approximate surface area is 150 Å². The summed E-state index contributed by atoms with van der Waals surface area (Å²) in [5.74, 6) is -0.220. The highest BCUT2D eigenvalue weighted by atomic mass is 35.5. The molecular weight excluding hydrogens is 347 g/mol. The number of fused-ring (bicyclic) bond motifs is 1. The lowest BCUT2D eigenvalue weighted by atomic mass is 9.99. The van der Waals surface area contributed by atoms with E-state index in [2.05, 4.69) is 5.32 Å². The van der Waals surface area contributed by atoms with Crippen LogP contribution in [0.3, 0.4) is 0 Å². The van der Waals surface area contributed by atoms with E-state index in [0.717, 1.165) is 18.5 Å². The number of nitrogens with one attached hydrogen (secondary N) is 1. The van der Waals surface area contributed by atoms with Crippen molar-refractivity contribution < 1.29 is 9.59 Å². The number of rotatable bonds is 2. The lowest BCUT2D eigenvalue weighted by Gasteiger charge is -2.28. The van der Waals surface area contributed by atoms with Gasteiger partial charge in [0.25, 0.3) is 5.91 Å². The maximum atomic E-state index is 12.4. The Balaban J connectivity index is 1.80. The highest BCUT2D eigenvalue weighted by Crippen LogP contribution is 2.24. The van der Waals surface area contributed by atoms with Crippen LogP contribution in [0.1, 0.15) is 28.4 Å². The Bertz CT molecular complexity index is 800. The van der Waals surface area contributed by atoms with Crippen LogP contribution in [0.4, 0.5) is 5.69 Å². The van der Waals surface area contributed by atoms with Crippen LogP contribution in [0.15, 0.2) is 36.4 Å². The fraction of sp³-hybridized carbons (Fsp3) is 0.222. The molecule has 0 aromatic heterocycles. The predicted octanol–water partition coefficient (Wildman–Crippen LogP) is 4.15. The van der Waals surface area contributed by atoms with Gasteiger partial charge in [-0.25, -0.2) is 0 Å². The summed E-state index contributed by atoms with van der Waals surface area (Å²) in [6, 6.07) is 10.5. The molecule has 24 heavy (non-hydrogen) atoms. The molecule has 0 spiro atoms. The van der Waals surface area contributed by atoms with Crippen LogP contribution in [-0.2, 0) is 17.8 Å².